The van der Waals surface area contributed by atoms with E-state index in [1.807, 2.05) is 43.3 Å². The number of methoxy groups -OCH3 is 1. The number of hydrogen-bond donors (Lipinski definition) is 0. The summed E-state index contributed by atoms with van der Waals surface area (Å²) in [7, 11) is 1.56. The number of nitrogens with zero attached hydrogens (tertiary/aromatic N) is 1. The quantitative estimate of drug-likeness (QED) is 0.451. The first-order valence-electron chi connectivity index (χ1n) is 8.13. The molecule has 0 unspecified atom stereocenters. The zero-order chi connectivity index (χ0) is 18.5. The zero-order valence-electron chi connectivity index (χ0n) is 14.7. The molecule has 0 atom stereocenters. The molecule has 0 bridgehead atoms. The molecule has 2 aromatic carbocycles. The van der Waals surface area contributed by atoms with Crippen LogP contribution in [0.15, 0.2) is 65.8 Å². The Morgan fingerprint density at radius 3 is 2.73 bits per heavy atom. The Morgan fingerprint density at radius 2 is 2.00 bits per heavy atom. The molecule has 0 N–H and O–H groups in total. The van der Waals surface area contributed by atoms with Crippen LogP contribution in [0.1, 0.15) is 16.7 Å². The molecule has 1 aliphatic heterocycles. The Balaban J connectivity index is 2.01. The maximum absolute atomic E-state index is 12.3. The third-order valence-electron chi connectivity index (χ3n) is 3.86. The number of aryl methyl sites for hydroxylation is 1. The summed E-state index contributed by atoms with van der Waals surface area (Å²) in [4.78, 5) is 16.6. The number of esters is 1. The van der Waals surface area contributed by atoms with Crippen molar-refractivity contribution in [2.75, 3.05) is 13.7 Å². The van der Waals surface area contributed by atoms with E-state index in [2.05, 4.69) is 11.6 Å². The molecular weight excluding hydrogens is 330 g/mol. The van der Waals surface area contributed by atoms with Gasteiger partial charge in [-0.3, -0.25) is 0 Å². The molecule has 132 valence electrons. The van der Waals surface area contributed by atoms with Gasteiger partial charge in [-0.2, -0.15) is 0 Å². The van der Waals surface area contributed by atoms with E-state index in [0.717, 1.165) is 11.1 Å². The molecule has 0 saturated carbocycles. The molecule has 0 fully saturated rings. The lowest BCUT2D eigenvalue weighted by atomic mass is 10.1. The Kier molecular flexibility index (Phi) is 5.17. The van der Waals surface area contributed by atoms with Crippen molar-refractivity contribution in [3.8, 4) is 11.5 Å². The van der Waals surface area contributed by atoms with E-state index in [1.54, 1.807) is 25.3 Å². The molecule has 5 heteroatoms. The lowest BCUT2D eigenvalue weighted by Gasteiger charge is -2.12. The summed E-state index contributed by atoms with van der Waals surface area (Å²) in [5.74, 6) is 0.891. The summed E-state index contributed by atoms with van der Waals surface area (Å²) in [6, 6.07) is 13.0. The van der Waals surface area contributed by atoms with Gasteiger partial charge in [-0.1, -0.05) is 43.0 Å². The van der Waals surface area contributed by atoms with Crippen molar-refractivity contribution in [3.05, 3.63) is 77.5 Å². The molecule has 0 aromatic heterocycles. The fourth-order valence-electron chi connectivity index (χ4n) is 2.59. The first-order valence-corrected chi connectivity index (χ1v) is 8.13. The van der Waals surface area contributed by atoms with Gasteiger partial charge in [-0.15, -0.1) is 0 Å². The van der Waals surface area contributed by atoms with Gasteiger partial charge in [0.2, 0.25) is 5.90 Å². The predicted molar refractivity (Wildman–Crippen MR) is 100 cm³/mol. The highest BCUT2D eigenvalue weighted by Crippen LogP contribution is 2.33. The summed E-state index contributed by atoms with van der Waals surface area (Å²) in [5.41, 5.74) is 2.66. The smallest absolute Gasteiger partial charge is 0.363 e. The second-order valence-corrected chi connectivity index (χ2v) is 5.63. The van der Waals surface area contributed by atoms with Crippen molar-refractivity contribution in [1.82, 2.24) is 0 Å². The van der Waals surface area contributed by atoms with E-state index in [4.69, 9.17) is 14.2 Å². The average molecular weight is 349 g/mol. The maximum Gasteiger partial charge on any atom is 0.363 e. The monoisotopic (exact) mass is 349 g/mol. The highest BCUT2D eigenvalue weighted by molar-refractivity contribution is 6.13. The van der Waals surface area contributed by atoms with Crippen LogP contribution in [0, 0.1) is 6.92 Å². The number of carbonyl (C=O) groups is 1. The summed E-state index contributed by atoms with van der Waals surface area (Å²) in [6.07, 6.45) is 3.27. The number of aliphatic imine (C=N–C) groups is 1. The van der Waals surface area contributed by atoms with Gasteiger partial charge in [0.25, 0.3) is 0 Å². The van der Waals surface area contributed by atoms with Crippen molar-refractivity contribution in [1.29, 1.82) is 0 Å². The van der Waals surface area contributed by atoms with Crippen LogP contribution in [0.4, 0.5) is 0 Å². The first kappa shape index (κ1) is 17.5. The normalized spacial score (nSPS) is 14.8. The summed E-state index contributed by atoms with van der Waals surface area (Å²) < 4.78 is 16.4. The van der Waals surface area contributed by atoms with Gasteiger partial charge in [0.1, 0.15) is 6.61 Å². The lowest BCUT2D eigenvalue weighted by molar-refractivity contribution is -0.129. The topological polar surface area (TPSA) is 57.1 Å². The van der Waals surface area contributed by atoms with Gasteiger partial charge >= 0.3 is 5.97 Å². The van der Waals surface area contributed by atoms with Crippen LogP contribution in [0.2, 0.25) is 0 Å². The SMILES string of the molecule is C=CCOc1c(/C=C2\N=C(c3ccccc3C)OC2=O)cccc1OC. The standard InChI is InChI=1S/C21H19NO4/c1-4-12-25-19-15(9-7-11-18(19)24-3)13-17-21(23)26-20(22-17)16-10-6-5-8-14(16)2/h4-11,13H,1,12H2,2-3H3/b17-13-. The lowest BCUT2D eigenvalue weighted by Crippen LogP contribution is -2.06. The van der Waals surface area contributed by atoms with E-state index >= 15 is 0 Å². The number of cyclic esters (lactones) is 1. The third kappa shape index (κ3) is 3.52. The molecule has 3 rings (SSSR count). The zero-order valence-corrected chi connectivity index (χ0v) is 14.7. The summed E-state index contributed by atoms with van der Waals surface area (Å²) >= 11 is 0. The maximum atomic E-state index is 12.3. The molecule has 0 aliphatic carbocycles. The molecule has 0 spiro atoms. The van der Waals surface area contributed by atoms with Gasteiger partial charge in [-0.05, 0) is 30.7 Å². The van der Waals surface area contributed by atoms with E-state index in [9.17, 15) is 4.79 Å². The molecule has 2 aromatic rings. The van der Waals surface area contributed by atoms with E-state index in [1.165, 1.54) is 0 Å². The summed E-state index contributed by atoms with van der Waals surface area (Å²) in [6.45, 7) is 5.91. The Hall–Kier alpha value is -3.34. The molecular formula is C21H19NO4. The van der Waals surface area contributed by atoms with Gasteiger partial charge in [0.05, 0.1) is 7.11 Å². The van der Waals surface area contributed by atoms with Crippen LogP contribution in [-0.2, 0) is 9.53 Å². The van der Waals surface area contributed by atoms with Crippen LogP contribution in [0.25, 0.3) is 6.08 Å². The van der Waals surface area contributed by atoms with Crippen molar-refractivity contribution in [2.45, 2.75) is 6.92 Å². The Morgan fingerprint density at radius 1 is 1.19 bits per heavy atom. The fraction of sp³-hybridized carbons (Fsp3) is 0.143. The Labute approximate surface area is 152 Å². The van der Waals surface area contributed by atoms with E-state index < -0.39 is 5.97 Å². The second kappa shape index (κ2) is 7.70. The van der Waals surface area contributed by atoms with Crippen LogP contribution in [0.3, 0.4) is 0 Å². The molecule has 1 aliphatic rings. The second-order valence-electron chi connectivity index (χ2n) is 5.63. The van der Waals surface area contributed by atoms with Crippen molar-refractivity contribution < 1.29 is 19.0 Å². The van der Waals surface area contributed by atoms with Crippen LogP contribution < -0.4 is 9.47 Å². The summed E-state index contributed by atoms with van der Waals surface area (Å²) in [5, 5.41) is 0. The number of para-hydroxylation sites is 1. The minimum Gasteiger partial charge on any atom is -0.493 e. The van der Waals surface area contributed by atoms with Gasteiger partial charge in [0.15, 0.2) is 17.2 Å². The minimum atomic E-state index is -0.499. The number of ether oxygens (including phenoxy) is 3. The van der Waals surface area contributed by atoms with E-state index in [0.29, 0.717) is 29.6 Å². The highest BCUT2D eigenvalue weighted by Gasteiger charge is 2.25. The number of hydrogen-bond acceptors (Lipinski definition) is 5. The molecule has 1 heterocycles. The van der Waals surface area contributed by atoms with Gasteiger partial charge in [0, 0.05) is 11.1 Å². The number of benzene rings is 2. The van der Waals surface area contributed by atoms with Crippen molar-refractivity contribution in [2.24, 2.45) is 4.99 Å². The first-order chi connectivity index (χ1) is 12.6. The average Bonchev–Trinajstić information content (AvgIpc) is 3.01. The molecule has 5 nitrogen and oxygen atoms in total. The number of rotatable bonds is 6. The number of carbonyl (C=O) groups excluding carboxylic acids is 1. The highest BCUT2D eigenvalue weighted by atomic mass is 16.6. The molecule has 0 radical (unpaired) electrons. The van der Waals surface area contributed by atoms with Gasteiger partial charge < -0.3 is 14.2 Å². The van der Waals surface area contributed by atoms with E-state index in [-0.39, 0.29) is 5.70 Å². The molecule has 0 saturated heterocycles. The third-order valence-corrected chi connectivity index (χ3v) is 3.86. The van der Waals surface area contributed by atoms with Crippen molar-refractivity contribution >= 4 is 17.9 Å². The van der Waals surface area contributed by atoms with Crippen molar-refractivity contribution in [3.63, 3.8) is 0 Å². The van der Waals surface area contributed by atoms with Gasteiger partial charge in [-0.25, -0.2) is 9.79 Å². The van der Waals surface area contributed by atoms with Crippen LogP contribution in [0.5, 0.6) is 11.5 Å². The predicted octanol–water partition coefficient (Wildman–Crippen LogP) is 3.91. The fourth-order valence-corrected chi connectivity index (χ4v) is 2.59. The minimum absolute atomic E-state index is 0.208. The van der Waals surface area contributed by atoms with Crippen LogP contribution >= 0.6 is 0 Å². The molecule has 0 amide bonds. The Bertz CT molecular complexity index is 912. The van der Waals surface area contributed by atoms with Crippen LogP contribution in [-0.4, -0.2) is 25.6 Å². The molecule has 26 heavy (non-hydrogen) atoms. The largest absolute Gasteiger partial charge is 0.493 e.